The molecule has 0 atom stereocenters. The molecule has 2 N–H and O–H groups in total. The number of anilines is 3. The molecule has 0 aliphatic rings. The molecular formula is C14H13F2N5. The summed E-state index contributed by atoms with van der Waals surface area (Å²) in [6.45, 7) is 0. The Balaban J connectivity index is 2.12. The zero-order valence-corrected chi connectivity index (χ0v) is 11.5. The first-order valence-electron chi connectivity index (χ1n) is 6.23. The number of rotatable bonds is 2. The van der Waals surface area contributed by atoms with Crippen molar-refractivity contribution in [2.45, 2.75) is 0 Å². The molecule has 2 aromatic heterocycles. The number of aromatic nitrogens is 3. The Kier molecular flexibility index (Phi) is 2.97. The van der Waals surface area contributed by atoms with E-state index in [4.69, 9.17) is 5.73 Å². The standard InChI is InChI=1S/C14H13F2N5/c1-20-7-18-13-9(17)5-8(6-11(13)20)21(2)10-3-4-12(15)19-14(10)16/h3-7H,17H2,1-2H3. The number of aryl methyl sites for hydroxylation is 1. The summed E-state index contributed by atoms with van der Waals surface area (Å²) in [5, 5.41) is 0. The van der Waals surface area contributed by atoms with E-state index in [-0.39, 0.29) is 5.69 Å². The third kappa shape index (κ3) is 2.16. The molecule has 0 aliphatic heterocycles. The van der Waals surface area contributed by atoms with E-state index >= 15 is 0 Å². The number of hydrogen-bond acceptors (Lipinski definition) is 4. The number of nitrogens with zero attached hydrogens (tertiary/aromatic N) is 4. The van der Waals surface area contributed by atoms with Gasteiger partial charge in [-0.15, -0.1) is 0 Å². The number of pyridine rings is 1. The van der Waals surface area contributed by atoms with E-state index in [1.807, 2.05) is 17.7 Å². The van der Waals surface area contributed by atoms with Gasteiger partial charge in [-0.3, -0.25) is 0 Å². The van der Waals surface area contributed by atoms with Gasteiger partial charge >= 0.3 is 0 Å². The van der Waals surface area contributed by atoms with Gasteiger partial charge in [0.25, 0.3) is 0 Å². The second-order valence-electron chi connectivity index (χ2n) is 4.76. The Morgan fingerprint density at radius 2 is 2.00 bits per heavy atom. The summed E-state index contributed by atoms with van der Waals surface area (Å²) < 4.78 is 28.5. The van der Waals surface area contributed by atoms with Gasteiger partial charge in [-0.05, 0) is 24.3 Å². The van der Waals surface area contributed by atoms with Crippen molar-refractivity contribution in [2.24, 2.45) is 7.05 Å². The van der Waals surface area contributed by atoms with Gasteiger partial charge < -0.3 is 15.2 Å². The van der Waals surface area contributed by atoms with Gasteiger partial charge in [0.1, 0.15) is 5.52 Å². The second-order valence-corrected chi connectivity index (χ2v) is 4.76. The summed E-state index contributed by atoms with van der Waals surface area (Å²) in [4.78, 5) is 8.95. The van der Waals surface area contributed by atoms with Crippen molar-refractivity contribution in [3.63, 3.8) is 0 Å². The minimum Gasteiger partial charge on any atom is -0.397 e. The zero-order valence-electron chi connectivity index (χ0n) is 11.5. The van der Waals surface area contributed by atoms with E-state index < -0.39 is 11.9 Å². The molecule has 0 amide bonds. The Morgan fingerprint density at radius 3 is 2.71 bits per heavy atom. The molecule has 3 rings (SSSR count). The Morgan fingerprint density at radius 1 is 1.24 bits per heavy atom. The summed E-state index contributed by atoms with van der Waals surface area (Å²) in [5.74, 6) is -1.73. The largest absolute Gasteiger partial charge is 0.397 e. The lowest BCUT2D eigenvalue weighted by atomic mass is 10.2. The fraction of sp³-hybridized carbons (Fsp3) is 0.143. The Hall–Kier alpha value is -2.70. The molecule has 0 saturated heterocycles. The fourth-order valence-corrected chi connectivity index (χ4v) is 2.23. The Bertz CT molecular complexity index is 828. The molecule has 2 heterocycles. The van der Waals surface area contributed by atoms with Crippen molar-refractivity contribution < 1.29 is 8.78 Å². The van der Waals surface area contributed by atoms with Gasteiger partial charge in [-0.1, -0.05) is 0 Å². The van der Waals surface area contributed by atoms with Gasteiger partial charge in [-0.2, -0.15) is 13.8 Å². The monoisotopic (exact) mass is 289 g/mol. The van der Waals surface area contributed by atoms with Crippen molar-refractivity contribution in [3.8, 4) is 0 Å². The molecule has 0 saturated carbocycles. The highest BCUT2D eigenvalue weighted by Crippen LogP contribution is 2.31. The number of hydrogen-bond donors (Lipinski definition) is 1. The first-order chi connectivity index (χ1) is 9.97. The molecule has 3 aromatic rings. The predicted octanol–water partition coefficient (Wildman–Crippen LogP) is 2.60. The zero-order chi connectivity index (χ0) is 15.1. The fourth-order valence-electron chi connectivity index (χ4n) is 2.23. The van der Waals surface area contributed by atoms with Crippen LogP contribution in [0.25, 0.3) is 11.0 Å². The van der Waals surface area contributed by atoms with Gasteiger partial charge in [0, 0.05) is 19.8 Å². The molecule has 1 aromatic carbocycles. The maximum absolute atomic E-state index is 13.8. The number of imidazole rings is 1. The third-order valence-corrected chi connectivity index (χ3v) is 3.39. The van der Waals surface area contributed by atoms with E-state index in [1.165, 1.54) is 6.07 Å². The lowest BCUT2D eigenvalue weighted by Gasteiger charge is -2.20. The maximum atomic E-state index is 13.8. The van der Waals surface area contributed by atoms with Crippen LogP contribution in [0, 0.1) is 11.9 Å². The van der Waals surface area contributed by atoms with Gasteiger partial charge in [0.05, 0.1) is 23.2 Å². The summed E-state index contributed by atoms with van der Waals surface area (Å²) in [6, 6.07) is 5.97. The van der Waals surface area contributed by atoms with Crippen LogP contribution in [0.2, 0.25) is 0 Å². The van der Waals surface area contributed by atoms with Crippen LogP contribution in [0.3, 0.4) is 0 Å². The van der Waals surface area contributed by atoms with Crippen molar-refractivity contribution in [3.05, 3.63) is 42.5 Å². The van der Waals surface area contributed by atoms with Crippen LogP contribution in [-0.2, 0) is 7.05 Å². The van der Waals surface area contributed by atoms with Crippen LogP contribution < -0.4 is 10.6 Å². The molecule has 0 fully saturated rings. The van der Waals surface area contributed by atoms with Crippen molar-refractivity contribution in [1.29, 1.82) is 0 Å². The highest BCUT2D eigenvalue weighted by atomic mass is 19.1. The molecular weight excluding hydrogens is 276 g/mol. The average molecular weight is 289 g/mol. The smallest absolute Gasteiger partial charge is 0.239 e. The van der Waals surface area contributed by atoms with E-state index in [0.29, 0.717) is 16.9 Å². The lowest BCUT2D eigenvalue weighted by molar-refractivity contribution is 0.513. The van der Waals surface area contributed by atoms with Crippen LogP contribution in [0.15, 0.2) is 30.6 Å². The highest BCUT2D eigenvalue weighted by Gasteiger charge is 2.14. The molecule has 7 heteroatoms. The molecule has 21 heavy (non-hydrogen) atoms. The molecule has 0 bridgehead atoms. The molecule has 0 aliphatic carbocycles. The van der Waals surface area contributed by atoms with Crippen LogP contribution in [0.5, 0.6) is 0 Å². The van der Waals surface area contributed by atoms with Crippen molar-refractivity contribution in [2.75, 3.05) is 17.7 Å². The van der Waals surface area contributed by atoms with Gasteiger partial charge in [0.15, 0.2) is 0 Å². The number of halogens is 2. The summed E-state index contributed by atoms with van der Waals surface area (Å²) in [5.41, 5.74) is 8.81. The molecule has 5 nitrogen and oxygen atoms in total. The van der Waals surface area contributed by atoms with Crippen molar-refractivity contribution in [1.82, 2.24) is 14.5 Å². The second kappa shape index (κ2) is 4.69. The van der Waals surface area contributed by atoms with Gasteiger partial charge in [-0.25, -0.2) is 4.98 Å². The number of nitrogens with two attached hydrogens (primary N) is 1. The van der Waals surface area contributed by atoms with E-state index in [9.17, 15) is 8.78 Å². The summed E-state index contributed by atoms with van der Waals surface area (Å²) in [6.07, 6.45) is 1.66. The SMILES string of the molecule is CN(c1cc(N)c2ncn(C)c2c1)c1ccc(F)nc1F. The van der Waals surface area contributed by atoms with Crippen molar-refractivity contribution >= 4 is 28.1 Å². The number of nitrogen functional groups attached to an aromatic ring is 1. The number of benzene rings is 1. The number of fused-ring (bicyclic) bond motifs is 1. The predicted molar refractivity (Wildman–Crippen MR) is 77.3 cm³/mol. The first kappa shape index (κ1) is 13.3. The average Bonchev–Trinajstić information content (AvgIpc) is 2.80. The third-order valence-electron chi connectivity index (χ3n) is 3.39. The molecule has 0 spiro atoms. The normalized spacial score (nSPS) is 11.0. The van der Waals surface area contributed by atoms with Crippen LogP contribution >= 0.6 is 0 Å². The highest BCUT2D eigenvalue weighted by molar-refractivity contribution is 5.91. The lowest BCUT2D eigenvalue weighted by Crippen LogP contribution is -2.13. The van der Waals surface area contributed by atoms with Crippen LogP contribution in [0.1, 0.15) is 0 Å². The van der Waals surface area contributed by atoms with E-state index in [1.54, 1.807) is 24.3 Å². The van der Waals surface area contributed by atoms with Gasteiger partial charge in [0.2, 0.25) is 11.9 Å². The minimum absolute atomic E-state index is 0.164. The minimum atomic E-state index is -0.874. The summed E-state index contributed by atoms with van der Waals surface area (Å²) in [7, 11) is 3.51. The quantitative estimate of drug-likeness (QED) is 0.582. The molecule has 0 unspecified atom stereocenters. The Labute approximate surface area is 119 Å². The van der Waals surface area contributed by atoms with Crippen LogP contribution in [0.4, 0.5) is 25.8 Å². The van der Waals surface area contributed by atoms with E-state index in [2.05, 4.69) is 9.97 Å². The summed E-state index contributed by atoms with van der Waals surface area (Å²) >= 11 is 0. The molecule has 0 radical (unpaired) electrons. The van der Waals surface area contributed by atoms with Crippen LogP contribution in [-0.4, -0.2) is 21.6 Å². The van der Waals surface area contributed by atoms with E-state index in [0.717, 1.165) is 11.6 Å². The maximum Gasteiger partial charge on any atom is 0.239 e. The first-order valence-corrected chi connectivity index (χ1v) is 6.23. The molecule has 108 valence electrons. The topological polar surface area (TPSA) is 60.0 Å².